The van der Waals surface area contributed by atoms with E-state index in [1.807, 2.05) is 6.92 Å². The smallest absolute Gasteiger partial charge is 0.286 e. The molecule has 1 aromatic carbocycles. The lowest BCUT2D eigenvalue weighted by molar-refractivity contribution is -0.385. The number of pyridine rings is 1. The van der Waals surface area contributed by atoms with E-state index >= 15 is 0 Å². The van der Waals surface area contributed by atoms with Crippen LogP contribution in [0.5, 0.6) is 17.4 Å². The van der Waals surface area contributed by atoms with Gasteiger partial charge in [0, 0.05) is 31.5 Å². The molecule has 1 aromatic heterocycles. The van der Waals surface area contributed by atoms with Crippen molar-refractivity contribution in [1.82, 2.24) is 10.3 Å². The van der Waals surface area contributed by atoms with E-state index in [1.54, 1.807) is 18.3 Å². The molecule has 1 heterocycles. The van der Waals surface area contributed by atoms with Crippen LogP contribution < -0.4 is 19.5 Å². The van der Waals surface area contributed by atoms with E-state index in [1.165, 1.54) is 26.4 Å². The maximum Gasteiger partial charge on any atom is 0.286 e. The lowest BCUT2D eigenvalue weighted by Crippen LogP contribution is -2.24. The minimum atomic E-state index is -0.641. The van der Waals surface area contributed by atoms with Crippen molar-refractivity contribution < 1.29 is 28.7 Å². The van der Waals surface area contributed by atoms with Crippen molar-refractivity contribution >= 4 is 11.6 Å². The third-order valence-corrected chi connectivity index (χ3v) is 4.00. The van der Waals surface area contributed by atoms with E-state index in [0.717, 1.165) is 6.42 Å². The van der Waals surface area contributed by atoms with E-state index in [2.05, 4.69) is 10.3 Å². The Labute approximate surface area is 174 Å². The minimum Gasteiger partial charge on any atom is -0.493 e. The van der Waals surface area contributed by atoms with Crippen molar-refractivity contribution in [3.8, 4) is 17.4 Å². The quantitative estimate of drug-likeness (QED) is 0.317. The van der Waals surface area contributed by atoms with Crippen LogP contribution in [0, 0.1) is 10.1 Å². The predicted molar refractivity (Wildman–Crippen MR) is 108 cm³/mol. The van der Waals surface area contributed by atoms with E-state index in [0.29, 0.717) is 24.7 Å². The Morgan fingerprint density at radius 1 is 1.17 bits per heavy atom. The first kappa shape index (κ1) is 22.9. The minimum absolute atomic E-state index is 0.0945. The molecule has 2 rings (SSSR count). The molecule has 0 unspecified atom stereocenters. The molecular weight excluding hydrogens is 394 g/mol. The van der Waals surface area contributed by atoms with E-state index in [4.69, 9.17) is 18.9 Å². The number of carbonyl (C=O) groups excluding carboxylic acids is 1. The fourth-order valence-corrected chi connectivity index (χ4v) is 2.55. The molecule has 162 valence electrons. The zero-order valence-electron chi connectivity index (χ0n) is 17.2. The highest BCUT2D eigenvalue weighted by molar-refractivity contribution is 5.99. The van der Waals surface area contributed by atoms with Gasteiger partial charge in [0.1, 0.15) is 12.2 Å². The number of methoxy groups -OCH3 is 2. The molecule has 0 fully saturated rings. The maximum atomic E-state index is 12.7. The third kappa shape index (κ3) is 6.05. The van der Waals surface area contributed by atoms with Gasteiger partial charge in [-0.1, -0.05) is 13.0 Å². The number of hydrogen-bond acceptors (Lipinski definition) is 8. The summed E-state index contributed by atoms with van der Waals surface area (Å²) in [4.78, 5) is 27.8. The summed E-state index contributed by atoms with van der Waals surface area (Å²) in [6.45, 7) is 3.03. The van der Waals surface area contributed by atoms with Crippen molar-refractivity contribution in [2.75, 3.05) is 34.0 Å². The van der Waals surface area contributed by atoms with Crippen LogP contribution in [0.2, 0.25) is 0 Å². The Morgan fingerprint density at radius 2 is 1.97 bits per heavy atom. The molecule has 0 aliphatic rings. The zero-order valence-corrected chi connectivity index (χ0v) is 17.2. The lowest BCUT2D eigenvalue weighted by atomic mass is 10.1. The number of nitrogens with zero attached hydrogens (tertiary/aromatic N) is 2. The van der Waals surface area contributed by atoms with Crippen molar-refractivity contribution in [2.24, 2.45) is 0 Å². The first-order valence-electron chi connectivity index (χ1n) is 9.34. The highest BCUT2D eigenvalue weighted by atomic mass is 16.6. The Morgan fingerprint density at radius 3 is 2.63 bits per heavy atom. The van der Waals surface area contributed by atoms with Gasteiger partial charge >= 0.3 is 0 Å². The maximum absolute atomic E-state index is 12.7. The number of aromatic nitrogens is 1. The first-order valence-corrected chi connectivity index (χ1v) is 9.34. The number of nitro groups is 1. The van der Waals surface area contributed by atoms with Crippen molar-refractivity contribution in [3.63, 3.8) is 0 Å². The molecular formula is C20H25N3O7. The first-order chi connectivity index (χ1) is 14.5. The molecule has 1 N–H and O–H groups in total. The van der Waals surface area contributed by atoms with Gasteiger partial charge in [-0.25, -0.2) is 4.98 Å². The highest BCUT2D eigenvalue weighted by Gasteiger charge is 2.25. The Bertz CT molecular complexity index is 873. The summed E-state index contributed by atoms with van der Waals surface area (Å²) in [6, 6.07) is 5.94. The molecule has 0 saturated carbocycles. The van der Waals surface area contributed by atoms with Crippen LogP contribution in [0.4, 0.5) is 5.69 Å². The molecule has 0 bridgehead atoms. The summed E-state index contributed by atoms with van der Waals surface area (Å²) >= 11 is 0. The largest absolute Gasteiger partial charge is 0.493 e. The Hall–Kier alpha value is -3.40. The third-order valence-electron chi connectivity index (χ3n) is 4.00. The summed E-state index contributed by atoms with van der Waals surface area (Å²) < 4.78 is 21.2. The van der Waals surface area contributed by atoms with E-state index in [9.17, 15) is 14.9 Å². The van der Waals surface area contributed by atoms with Crippen LogP contribution in [0.25, 0.3) is 0 Å². The number of nitro benzene ring substituents is 1. The van der Waals surface area contributed by atoms with E-state index < -0.39 is 16.5 Å². The van der Waals surface area contributed by atoms with Gasteiger partial charge in [-0.2, -0.15) is 0 Å². The van der Waals surface area contributed by atoms with Crippen LogP contribution in [-0.4, -0.2) is 49.9 Å². The summed E-state index contributed by atoms with van der Waals surface area (Å²) in [5.74, 6) is 0.137. The normalized spacial score (nSPS) is 10.4. The predicted octanol–water partition coefficient (Wildman–Crippen LogP) is 2.74. The zero-order chi connectivity index (χ0) is 21.9. The van der Waals surface area contributed by atoms with Gasteiger partial charge < -0.3 is 24.3 Å². The van der Waals surface area contributed by atoms with Gasteiger partial charge in [0.05, 0.1) is 31.3 Å². The number of nitrogens with one attached hydrogen (secondary N) is 1. The summed E-state index contributed by atoms with van der Waals surface area (Å²) in [5.41, 5.74) is 0.124. The number of carbonyl (C=O) groups is 1. The standard InChI is InChI=1S/C20H25N3O7/c1-4-8-30-20-14(6-5-7-21-20)13-22-19(24)15-11-17(28-3)18(29-10-9-27-2)12-16(15)23(25)26/h5-7,11-12H,4,8-10,13H2,1-3H3,(H,22,24). The molecule has 30 heavy (non-hydrogen) atoms. The van der Waals surface area contributed by atoms with Crippen molar-refractivity contribution in [3.05, 3.63) is 51.7 Å². The summed E-state index contributed by atoms with van der Waals surface area (Å²) in [7, 11) is 2.90. The SMILES string of the molecule is CCCOc1ncccc1CNC(=O)c1cc(OC)c(OCCOC)cc1[N+](=O)[O-]. The number of amides is 1. The van der Waals surface area contributed by atoms with Crippen molar-refractivity contribution in [2.45, 2.75) is 19.9 Å². The molecule has 0 spiro atoms. The molecule has 0 radical (unpaired) electrons. The van der Waals surface area contributed by atoms with Gasteiger partial charge in [0.15, 0.2) is 11.5 Å². The van der Waals surface area contributed by atoms with Crippen LogP contribution in [-0.2, 0) is 11.3 Å². The number of rotatable bonds is 12. The van der Waals surface area contributed by atoms with E-state index in [-0.39, 0.29) is 30.2 Å². The second-order valence-corrected chi connectivity index (χ2v) is 6.12. The topological polar surface area (TPSA) is 122 Å². The monoisotopic (exact) mass is 419 g/mol. The van der Waals surface area contributed by atoms with Crippen molar-refractivity contribution in [1.29, 1.82) is 0 Å². The molecule has 1 amide bonds. The van der Waals surface area contributed by atoms with Crippen LogP contribution in [0.1, 0.15) is 29.3 Å². The summed E-state index contributed by atoms with van der Waals surface area (Å²) in [6.07, 6.45) is 2.40. The van der Waals surface area contributed by atoms with Gasteiger partial charge in [-0.15, -0.1) is 0 Å². The van der Waals surface area contributed by atoms with Gasteiger partial charge in [-0.3, -0.25) is 14.9 Å². The van der Waals surface area contributed by atoms with Gasteiger partial charge in [0.25, 0.3) is 11.6 Å². The number of ether oxygens (including phenoxy) is 4. The molecule has 0 atom stereocenters. The second kappa shape index (κ2) is 11.6. The fourth-order valence-electron chi connectivity index (χ4n) is 2.55. The van der Waals surface area contributed by atoms with Gasteiger partial charge in [0.2, 0.25) is 5.88 Å². The Kier molecular flexibility index (Phi) is 8.82. The van der Waals surface area contributed by atoms with Crippen LogP contribution >= 0.6 is 0 Å². The molecule has 0 aliphatic heterocycles. The average molecular weight is 419 g/mol. The summed E-state index contributed by atoms with van der Waals surface area (Å²) in [5, 5.41) is 14.2. The number of benzene rings is 1. The molecule has 10 nitrogen and oxygen atoms in total. The van der Waals surface area contributed by atoms with Crippen LogP contribution in [0.15, 0.2) is 30.5 Å². The second-order valence-electron chi connectivity index (χ2n) is 6.12. The fraction of sp³-hybridized carbons (Fsp3) is 0.400. The highest BCUT2D eigenvalue weighted by Crippen LogP contribution is 2.34. The molecule has 0 aliphatic carbocycles. The average Bonchev–Trinajstić information content (AvgIpc) is 2.76. The van der Waals surface area contributed by atoms with Gasteiger partial charge in [-0.05, 0) is 12.5 Å². The molecule has 10 heteroatoms. The van der Waals surface area contributed by atoms with Crippen LogP contribution in [0.3, 0.4) is 0 Å². The Balaban J connectivity index is 2.23. The number of hydrogen-bond donors (Lipinski definition) is 1. The lowest BCUT2D eigenvalue weighted by Gasteiger charge is -2.13. The molecule has 0 saturated heterocycles. The molecule has 2 aromatic rings.